The zero-order valence-electron chi connectivity index (χ0n) is 24.3. The summed E-state index contributed by atoms with van der Waals surface area (Å²) in [6.45, 7) is 6.08. The number of nitrogens with one attached hydrogen (secondary N) is 2. The van der Waals surface area contributed by atoms with E-state index in [0.29, 0.717) is 25.8 Å². The summed E-state index contributed by atoms with van der Waals surface area (Å²) in [5, 5.41) is 11.0. The summed E-state index contributed by atoms with van der Waals surface area (Å²) in [6, 6.07) is -0.601. The van der Waals surface area contributed by atoms with E-state index >= 15 is 0 Å². The highest BCUT2D eigenvalue weighted by molar-refractivity contribution is 5.92. The number of hydrogen-bond acceptors (Lipinski definition) is 4. The topological polar surface area (TPSA) is 124 Å². The minimum absolute atomic E-state index is 0.0198. The number of imidazole rings is 1. The number of nitrogens with zero attached hydrogens (tertiary/aromatic N) is 2. The molecule has 2 amide bonds. The van der Waals surface area contributed by atoms with Gasteiger partial charge in [0.2, 0.25) is 5.91 Å². The van der Waals surface area contributed by atoms with E-state index in [1.54, 1.807) is 0 Å². The summed E-state index contributed by atoms with van der Waals surface area (Å²) in [5.74, 6) is 0.975. The second kappa shape index (κ2) is 13.5. The molecule has 9 nitrogen and oxygen atoms in total. The largest absolute Gasteiger partial charge is 0.465 e. The minimum atomic E-state index is -1.27. The van der Waals surface area contributed by atoms with E-state index in [4.69, 9.17) is 5.11 Å². The van der Waals surface area contributed by atoms with Crippen molar-refractivity contribution in [2.45, 2.75) is 97.4 Å². The van der Waals surface area contributed by atoms with Crippen LogP contribution in [0.5, 0.6) is 0 Å². The number of ketones is 1. The molecule has 40 heavy (non-hydrogen) atoms. The smallest absolute Gasteiger partial charge is 0.405 e. The molecule has 2 fully saturated rings. The van der Waals surface area contributed by atoms with Crippen LogP contribution in [0.1, 0.15) is 89.7 Å². The highest BCUT2D eigenvalue weighted by atomic mass is 16.4. The summed E-state index contributed by atoms with van der Waals surface area (Å²) >= 11 is 0. The lowest BCUT2D eigenvalue weighted by Gasteiger charge is -2.28. The van der Waals surface area contributed by atoms with Crippen molar-refractivity contribution in [2.75, 3.05) is 13.1 Å². The molecule has 3 N–H and O–H groups in total. The van der Waals surface area contributed by atoms with Crippen molar-refractivity contribution >= 4 is 23.4 Å². The normalized spacial score (nSPS) is 22.9. The Morgan fingerprint density at radius 1 is 1.07 bits per heavy atom. The average Bonchev–Trinajstić information content (AvgIpc) is 3.66. The van der Waals surface area contributed by atoms with Gasteiger partial charge in [0, 0.05) is 42.2 Å². The average molecular weight is 555 g/mol. The third-order valence-corrected chi connectivity index (χ3v) is 9.28. The molecule has 1 saturated carbocycles. The van der Waals surface area contributed by atoms with E-state index in [2.05, 4.69) is 17.2 Å². The van der Waals surface area contributed by atoms with Gasteiger partial charge in [0.15, 0.2) is 11.2 Å². The molecule has 3 heterocycles. The number of rotatable bonds is 13. The van der Waals surface area contributed by atoms with Crippen LogP contribution in [0.3, 0.4) is 0 Å². The van der Waals surface area contributed by atoms with Crippen LogP contribution in [-0.2, 0) is 22.4 Å². The van der Waals surface area contributed by atoms with Crippen LogP contribution >= 0.6 is 0 Å². The van der Waals surface area contributed by atoms with Gasteiger partial charge in [0.1, 0.15) is 12.2 Å². The molecule has 1 saturated heterocycles. The SMILES string of the molecule is CC(C)C(=O)[C@@H]1[C@H](CCc2c(=O)c(CCCCC[C@@H]3CCCC3C)cn3cc[nH]c23)CCN1C(=O)CNC(=O)O. The molecule has 4 atom stereocenters. The number of amides is 2. The van der Waals surface area contributed by atoms with Crippen LogP contribution in [0.4, 0.5) is 4.79 Å². The second-order valence-corrected chi connectivity index (χ2v) is 12.3. The molecule has 220 valence electrons. The van der Waals surface area contributed by atoms with Gasteiger partial charge in [-0.2, -0.15) is 0 Å². The first-order valence-electron chi connectivity index (χ1n) is 15.2. The molecule has 0 aromatic carbocycles. The van der Waals surface area contributed by atoms with Gasteiger partial charge in [0.05, 0.1) is 6.04 Å². The predicted octanol–water partition coefficient (Wildman–Crippen LogP) is 4.81. The third-order valence-electron chi connectivity index (χ3n) is 9.28. The molecule has 0 spiro atoms. The van der Waals surface area contributed by atoms with Crippen LogP contribution in [0.2, 0.25) is 0 Å². The molecule has 2 aromatic rings. The van der Waals surface area contributed by atoms with E-state index in [1.807, 2.05) is 36.8 Å². The quantitative estimate of drug-likeness (QED) is 0.307. The Balaban J connectivity index is 1.42. The first kappa shape index (κ1) is 29.9. The number of pyridine rings is 1. The molecule has 0 bridgehead atoms. The highest BCUT2D eigenvalue weighted by Gasteiger charge is 2.42. The van der Waals surface area contributed by atoms with Gasteiger partial charge in [-0.15, -0.1) is 0 Å². The summed E-state index contributed by atoms with van der Waals surface area (Å²) in [6.07, 6.45) is 15.7. The van der Waals surface area contributed by atoms with Gasteiger partial charge in [-0.25, -0.2) is 4.79 Å². The molecule has 4 rings (SSSR count). The number of H-pyrrole nitrogens is 1. The van der Waals surface area contributed by atoms with Crippen molar-refractivity contribution in [3.05, 3.63) is 39.9 Å². The number of likely N-dealkylation sites (tertiary alicyclic amines) is 1. The number of unbranched alkanes of at least 4 members (excludes halogenated alkanes) is 2. The van der Waals surface area contributed by atoms with Gasteiger partial charge in [-0.3, -0.25) is 14.4 Å². The Bertz CT molecular complexity index is 1250. The van der Waals surface area contributed by atoms with Gasteiger partial charge in [-0.05, 0) is 49.9 Å². The molecule has 1 unspecified atom stereocenters. The maximum Gasteiger partial charge on any atom is 0.405 e. The first-order valence-corrected chi connectivity index (χ1v) is 15.2. The zero-order valence-corrected chi connectivity index (χ0v) is 24.3. The van der Waals surface area contributed by atoms with Crippen LogP contribution in [-0.4, -0.2) is 56.3 Å². The molecule has 1 aliphatic carbocycles. The number of Topliss-reactive ketones (excluding diaryl/α,β-unsaturated/α-hetero) is 1. The molecule has 2 aromatic heterocycles. The fourth-order valence-electron chi connectivity index (χ4n) is 6.93. The molecular weight excluding hydrogens is 508 g/mol. The van der Waals surface area contributed by atoms with Crippen LogP contribution in [0.25, 0.3) is 5.65 Å². The van der Waals surface area contributed by atoms with E-state index < -0.39 is 12.1 Å². The van der Waals surface area contributed by atoms with Crippen molar-refractivity contribution < 1.29 is 19.5 Å². The van der Waals surface area contributed by atoms with Crippen molar-refractivity contribution in [3.63, 3.8) is 0 Å². The monoisotopic (exact) mass is 554 g/mol. The Morgan fingerprint density at radius 2 is 1.88 bits per heavy atom. The number of carbonyl (C=O) groups excluding carboxylic acids is 2. The number of aromatic nitrogens is 2. The Kier molecular flexibility index (Phi) is 10.1. The third kappa shape index (κ3) is 6.96. The number of carboxylic acid groups (broad SMARTS) is 1. The Morgan fingerprint density at radius 3 is 2.58 bits per heavy atom. The first-order chi connectivity index (χ1) is 19.2. The van der Waals surface area contributed by atoms with Gasteiger partial charge in [-0.1, -0.05) is 59.3 Å². The number of hydrogen-bond donors (Lipinski definition) is 3. The Hall–Kier alpha value is -3.10. The lowest BCUT2D eigenvalue weighted by atomic mass is 9.87. The summed E-state index contributed by atoms with van der Waals surface area (Å²) in [7, 11) is 0. The number of aryl methyl sites for hydroxylation is 2. The van der Waals surface area contributed by atoms with Gasteiger partial charge >= 0.3 is 6.09 Å². The minimum Gasteiger partial charge on any atom is -0.465 e. The van der Waals surface area contributed by atoms with Gasteiger partial charge in [0.25, 0.3) is 0 Å². The molecule has 0 radical (unpaired) electrons. The summed E-state index contributed by atoms with van der Waals surface area (Å²) < 4.78 is 1.99. The van der Waals surface area contributed by atoms with Gasteiger partial charge < -0.3 is 24.7 Å². The maximum atomic E-state index is 13.6. The maximum absolute atomic E-state index is 13.6. The van der Waals surface area contributed by atoms with Crippen LogP contribution in [0.15, 0.2) is 23.4 Å². The zero-order chi connectivity index (χ0) is 28.8. The van der Waals surface area contributed by atoms with Crippen molar-refractivity contribution in [1.29, 1.82) is 0 Å². The highest BCUT2D eigenvalue weighted by Crippen LogP contribution is 2.35. The lowest BCUT2D eigenvalue weighted by molar-refractivity contribution is -0.139. The number of fused-ring (bicyclic) bond motifs is 1. The lowest BCUT2D eigenvalue weighted by Crippen LogP contribution is -2.48. The van der Waals surface area contributed by atoms with Crippen molar-refractivity contribution in [3.8, 4) is 0 Å². The van der Waals surface area contributed by atoms with Crippen LogP contribution < -0.4 is 10.7 Å². The second-order valence-electron chi connectivity index (χ2n) is 12.3. The fraction of sp³-hybridized carbons (Fsp3) is 0.677. The Labute approximate surface area is 236 Å². The molecular formula is C31H46N4O5. The summed E-state index contributed by atoms with van der Waals surface area (Å²) in [4.78, 5) is 55.2. The fourth-order valence-corrected chi connectivity index (χ4v) is 6.93. The van der Waals surface area contributed by atoms with E-state index in [0.717, 1.165) is 47.9 Å². The van der Waals surface area contributed by atoms with Crippen molar-refractivity contribution in [1.82, 2.24) is 19.6 Å². The van der Waals surface area contributed by atoms with E-state index in [1.165, 1.54) is 37.0 Å². The number of carbonyl (C=O) groups is 3. The summed E-state index contributed by atoms with van der Waals surface area (Å²) in [5.41, 5.74) is 2.43. The molecule has 2 aliphatic rings. The van der Waals surface area contributed by atoms with Crippen LogP contribution in [0, 0.1) is 23.7 Å². The molecule has 1 aliphatic heterocycles. The van der Waals surface area contributed by atoms with Crippen molar-refractivity contribution in [2.24, 2.45) is 23.7 Å². The number of aromatic amines is 1. The standard InChI is InChI=1S/C31H46N4O5/c1-20(2)28(37)27-23(14-16-35(27)26(36)18-33-31(39)40)12-13-25-29(38)24(19-34-17-15-32-30(25)34)10-6-4-5-9-22-11-7-8-21(22)3/h15,17,19-23,27,32-33H,4-14,16,18H2,1-3H3,(H,39,40)/t21?,22-,23-,27+/m1/s1. The predicted molar refractivity (Wildman–Crippen MR) is 154 cm³/mol. The molecule has 9 heteroatoms. The van der Waals surface area contributed by atoms with E-state index in [9.17, 15) is 19.2 Å². The van der Waals surface area contributed by atoms with E-state index in [-0.39, 0.29) is 35.5 Å².